The van der Waals surface area contributed by atoms with Crippen LogP contribution in [0.1, 0.15) is 33.6 Å². The van der Waals surface area contributed by atoms with E-state index in [0.717, 1.165) is 12.8 Å². The first kappa shape index (κ1) is 11.0. The Kier molecular flexibility index (Phi) is 3.71. The van der Waals surface area contributed by atoms with Crippen LogP contribution in [-0.4, -0.2) is 31.0 Å². The predicted octanol–water partition coefficient (Wildman–Crippen LogP) is 1.31. The zero-order chi connectivity index (χ0) is 9.90. The van der Waals surface area contributed by atoms with Gasteiger partial charge in [-0.1, -0.05) is 0 Å². The Bertz CT molecular complexity index is 153. The molecule has 0 aliphatic carbocycles. The summed E-state index contributed by atoms with van der Waals surface area (Å²) < 4.78 is 11.3. The molecule has 3 nitrogen and oxygen atoms in total. The molecule has 2 atom stereocenters. The van der Waals surface area contributed by atoms with Crippen molar-refractivity contribution in [3.63, 3.8) is 0 Å². The van der Waals surface area contributed by atoms with Gasteiger partial charge in [0.05, 0.1) is 24.4 Å². The number of nitrogens with two attached hydrogens (primary N) is 1. The molecular formula is C10H21NO2. The van der Waals surface area contributed by atoms with Gasteiger partial charge in [-0.2, -0.15) is 0 Å². The third-order valence-electron chi connectivity index (χ3n) is 2.16. The molecule has 1 aliphatic heterocycles. The average molecular weight is 187 g/mol. The molecule has 1 saturated heterocycles. The van der Waals surface area contributed by atoms with E-state index >= 15 is 0 Å². The summed E-state index contributed by atoms with van der Waals surface area (Å²) in [4.78, 5) is 0. The lowest BCUT2D eigenvalue weighted by Crippen LogP contribution is -2.27. The molecule has 2 N–H and O–H groups in total. The summed E-state index contributed by atoms with van der Waals surface area (Å²) in [5, 5.41) is 0. The lowest BCUT2D eigenvalue weighted by atomic mass is 10.2. The van der Waals surface area contributed by atoms with Crippen LogP contribution in [0.25, 0.3) is 0 Å². The van der Waals surface area contributed by atoms with E-state index in [4.69, 9.17) is 15.2 Å². The quantitative estimate of drug-likeness (QED) is 0.724. The third-order valence-corrected chi connectivity index (χ3v) is 2.16. The molecule has 0 aromatic heterocycles. The largest absolute Gasteiger partial charge is 0.373 e. The van der Waals surface area contributed by atoms with E-state index < -0.39 is 0 Å². The van der Waals surface area contributed by atoms with Crippen LogP contribution in [0, 0.1) is 0 Å². The normalized spacial score (nSPS) is 29.5. The third kappa shape index (κ3) is 4.07. The maximum absolute atomic E-state index is 5.66. The Morgan fingerprint density at radius 2 is 1.92 bits per heavy atom. The second-order valence-electron chi connectivity index (χ2n) is 4.62. The van der Waals surface area contributed by atoms with Crippen molar-refractivity contribution in [3.05, 3.63) is 0 Å². The molecular weight excluding hydrogens is 166 g/mol. The Labute approximate surface area is 80.6 Å². The van der Waals surface area contributed by atoms with Crippen molar-refractivity contribution in [2.24, 2.45) is 5.73 Å². The fraction of sp³-hybridized carbons (Fsp3) is 1.00. The monoisotopic (exact) mass is 187 g/mol. The first-order valence-corrected chi connectivity index (χ1v) is 5.01. The highest BCUT2D eigenvalue weighted by Gasteiger charge is 2.25. The maximum Gasteiger partial charge on any atom is 0.0814 e. The highest BCUT2D eigenvalue weighted by Crippen LogP contribution is 2.20. The second kappa shape index (κ2) is 4.40. The molecule has 1 fully saturated rings. The second-order valence-corrected chi connectivity index (χ2v) is 4.62. The molecule has 3 heteroatoms. The molecule has 0 saturated carbocycles. The standard InChI is InChI=1S/C10H21NO2/c1-10(2,3)12-7-9-5-4-8(6-11)13-9/h8-9H,4-7,11H2,1-3H3. The molecule has 0 bridgehead atoms. The average Bonchev–Trinajstić information content (AvgIpc) is 2.47. The molecule has 13 heavy (non-hydrogen) atoms. The first-order valence-electron chi connectivity index (χ1n) is 5.01. The molecule has 1 rings (SSSR count). The Morgan fingerprint density at radius 1 is 1.31 bits per heavy atom. The molecule has 1 heterocycles. The van der Waals surface area contributed by atoms with Crippen LogP contribution in [0.5, 0.6) is 0 Å². The zero-order valence-corrected chi connectivity index (χ0v) is 8.88. The maximum atomic E-state index is 5.66. The number of hydrogen-bond donors (Lipinski definition) is 1. The van der Waals surface area contributed by atoms with Gasteiger partial charge in [0.25, 0.3) is 0 Å². The lowest BCUT2D eigenvalue weighted by Gasteiger charge is -2.22. The highest BCUT2D eigenvalue weighted by atomic mass is 16.6. The van der Waals surface area contributed by atoms with Gasteiger partial charge in [0.1, 0.15) is 0 Å². The van der Waals surface area contributed by atoms with Crippen molar-refractivity contribution in [2.75, 3.05) is 13.2 Å². The van der Waals surface area contributed by atoms with Crippen molar-refractivity contribution >= 4 is 0 Å². The number of hydrogen-bond acceptors (Lipinski definition) is 3. The number of rotatable bonds is 3. The van der Waals surface area contributed by atoms with Crippen LogP contribution >= 0.6 is 0 Å². The van der Waals surface area contributed by atoms with Gasteiger partial charge in [0, 0.05) is 6.54 Å². The van der Waals surface area contributed by atoms with E-state index in [0.29, 0.717) is 13.2 Å². The topological polar surface area (TPSA) is 44.5 Å². The van der Waals surface area contributed by atoms with E-state index in [1.807, 2.05) is 0 Å². The molecule has 78 valence electrons. The molecule has 2 unspecified atom stereocenters. The fourth-order valence-electron chi connectivity index (χ4n) is 1.42. The van der Waals surface area contributed by atoms with Gasteiger partial charge in [0.15, 0.2) is 0 Å². The van der Waals surface area contributed by atoms with E-state index in [-0.39, 0.29) is 17.8 Å². The lowest BCUT2D eigenvalue weighted by molar-refractivity contribution is -0.0678. The minimum atomic E-state index is -0.0653. The number of ether oxygens (including phenoxy) is 2. The van der Waals surface area contributed by atoms with Crippen LogP contribution in [0.2, 0.25) is 0 Å². The van der Waals surface area contributed by atoms with E-state index in [1.165, 1.54) is 0 Å². The van der Waals surface area contributed by atoms with Gasteiger partial charge in [-0.3, -0.25) is 0 Å². The molecule has 0 amide bonds. The smallest absolute Gasteiger partial charge is 0.0814 e. The summed E-state index contributed by atoms with van der Waals surface area (Å²) in [5.74, 6) is 0. The minimum absolute atomic E-state index is 0.0653. The van der Waals surface area contributed by atoms with E-state index in [2.05, 4.69) is 20.8 Å². The Hall–Kier alpha value is -0.120. The highest BCUT2D eigenvalue weighted by molar-refractivity contribution is 4.74. The Balaban J connectivity index is 2.17. The van der Waals surface area contributed by atoms with E-state index in [9.17, 15) is 0 Å². The summed E-state index contributed by atoms with van der Waals surface area (Å²) in [6.45, 7) is 7.50. The van der Waals surface area contributed by atoms with Gasteiger partial charge in [-0.25, -0.2) is 0 Å². The van der Waals surface area contributed by atoms with Gasteiger partial charge < -0.3 is 15.2 Å². The predicted molar refractivity (Wildman–Crippen MR) is 52.7 cm³/mol. The van der Waals surface area contributed by atoms with Gasteiger partial charge >= 0.3 is 0 Å². The van der Waals surface area contributed by atoms with Crippen LogP contribution in [0.15, 0.2) is 0 Å². The van der Waals surface area contributed by atoms with Gasteiger partial charge in [-0.05, 0) is 33.6 Å². The molecule has 0 aromatic rings. The summed E-state index contributed by atoms with van der Waals surface area (Å²) in [5.41, 5.74) is 5.45. The molecule has 0 aromatic carbocycles. The fourth-order valence-corrected chi connectivity index (χ4v) is 1.42. The van der Waals surface area contributed by atoms with E-state index in [1.54, 1.807) is 0 Å². The zero-order valence-electron chi connectivity index (χ0n) is 8.88. The summed E-state index contributed by atoms with van der Waals surface area (Å²) in [7, 11) is 0. The van der Waals surface area contributed by atoms with Crippen LogP contribution < -0.4 is 5.73 Å². The molecule has 1 aliphatic rings. The van der Waals surface area contributed by atoms with Crippen molar-refractivity contribution in [3.8, 4) is 0 Å². The van der Waals surface area contributed by atoms with Crippen LogP contribution in [-0.2, 0) is 9.47 Å². The first-order chi connectivity index (χ1) is 6.01. The summed E-state index contributed by atoms with van der Waals surface area (Å²) in [6.07, 6.45) is 2.67. The van der Waals surface area contributed by atoms with Crippen molar-refractivity contribution in [1.82, 2.24) is 0 Å². The minimum Gasteiger partial charge on any atom is -0.373 e. The van der Waals surface area contributed by atoms with Crippen molar-refractivity contribution in [2.45, 2.75) is 51.4 Å². The summed E-state index contributed by atoms with van der Waals surface area (Å²) in [6, 6.07) is 0. The molecule has 0 radical (unpaired) electrons. The van der Waals surface area contributed by atoms with Gasteiger partial charge in [-0.15, -0.1) is 0 Å². The van der Waals surface area contributed by atoms with Gasteiger partial charge in [0.2, 0.25) is 0 Å². The van der Waals surface area contributed by atoms with Crippen molar-refractivity contribution < 1.29 is 9.47 Å². The Morgan fingerprint density at radius 3 is 2.38 bits per heavy atom. The van der Waals surface area contributed by atoms with Crippen molar-refractivity contribution in [1.29, 1.82) is 0 Å². The van der Waals surface area contributed by atoms with Crippen LogP contribution in [0.3, 0.4) is 0 Å². The molecule has 0 spiro atoms. The SMILES string of the molecule is CC(C)(C)OCC1CCC(CN)O1. The summed E-state index contributed by atoms with van der Waals surface area (Å²) >= 11 is 0. The van der Waals surface area contributed by atoms with Crippen LogP contribution in [0.4, 0.5) is 0 Å².